The summed E-state index contributed by atoms with van der Waals surface area (Å²) in [6, 6.07) is 46.8. The number of rotatable bonds is 16. The molecule has 1 aliphatic heterocycles. The number of sulfonamides is 1. The molecule has 0 spiro atoms. The van der Waals surface area contributed by atoms with Gasteiger partial charge in [0.1, 0.15) is 6.04 Å². The first-order valence-corrected chi connectivity index (χ1v) is 22.0. The Morgan fingerprint density at radius 1 is 0.700 bits per heavy atom. The molecule has 0 aromatic heterocycles. The molecule has 0 saturated carbocycles. The molecule has 308 valence electrons. The summed E-state index contributed by atoms with van der Waals surface area (Å²) in [6.45, 7) is 1.95. The van der Waals surface area contributed by atoms with Crippen LogP contribution in [0, 0.1) is 6.92 Å². The van der Waals surface area contributed by atoms with Crippen LogP contribution < -0.4 is 10.0 Å². The Hall–Kier alpha value is -5.60. The summed E-state index contributed by atoms with van der Waals surface area (Å²) in [6.07, 6.45) is -1.37. The first-order valence-electron chi connectivity index (χ1n) is 19.6. The van der Waals surface area contributed by atoms with Crippen molar-refractivity contribution in [2.75, 3.05) is 5.75 Å². The van der Waals surface area contributed by atoms with Gasteiger partial charge >= 0.3 is 5.97 Å². The lowest BCUT2D eigenvalue weighted by atomic mass is 9.84. The normalized spacial score (nSPS) is 18.4. The van der Waals surface area contributed by atoms with Crippen LogP contribution in [0.2, 0.25) is 0 Å². The van der Waals surface area contributed by atoms with Crippen LogP contribution in [-0.4, -0.2) is 48.4 Å². The molecular weight excluding hydrogens is 797 g/mol. The number of carbonyl (C=O) groups excluding carboxylic acids is 1. The molecule has 4 N–H and O–H groups in total. The molecule has 1 saturated heterocycles. The van der Waals surface area contributed by atoms with Crippen LogP contribution in [0.1, 0.15) is 67.6 Å². The summed E-state index contributed by atoms with van der Waals surface area (Å²) in [7, 11) is -3.99. The number of aliphatic hydroxyl groups is 1. The van der Waals surface area contributed by atoms with Crippen LogP contribution in [0.15, 0.2) is 168 Å². The third-order valence-corrected chi connectivity index (χ3v) is 13.0. The van der Waals surface area contributed by atoms with Crippen LogP contribution >= 0.6 is 11.8 Å². The first kappa shape index (κ1) is 42.5. The highest BCUT2D eigenvalue weighted by atomic mass is 32.2. The second-order valence-electron chi connectivity index (χ2n) is 14.7. The predicted octanol–water partition coefficient (Wildman–Crippen LogP) is 8.12. The molecule has 0 bridgehead atoms. The van der Waals surface area contributed by atoms with E-state index in [9.17, 15) is 28.2 Å². The zero-order valence-electron chi connectivity index (χ0n) is 32.9. The van der Waals surface area contributed by atoms with Crippen LogP contribution in [-0.2, 0) is 43.9 Å². The Labute approximate surface area is 354 Å². The highest BCUT2D eigenvalue weighted by Crippen LogP contribution is 2.48. The van der Waals surface area contributed by atoms with Gasteiger partial charge in [-0.05, 0) is 77.6 Å². The van der Waals surface area contributed by atoms with Gasteiger partial charge in [-0.3, -0.25) is 4.79 Å². The number of hydrogen-bond acceptors (Lipinski definition) is 8. The van der Waals surface area contributed by atoms with Crippen LogP contribution in [0.5, 0.6) is 0 Å². The van der Waals surface area contributed by atoms with E-state index in [0.29, 0.717) is 5.75 Å². The molecule has 1 heterocycles. The maximum atomic E-state index is 13.7. The lowest BCUT2D eigenvalue weighted by Gasteiger charge is -2.43. The largest absolute Gasteiger partial charge is 0.478 e. The number of thioether (sulfide) groups is 1. The molecule has 60 heavy (non-hydrogen) atoms. The lowest BCUT2D eigenvalue weighted by molar-refractivity contribution is -0.255. The number of nitrogens with one attached hydrogen (secondary N) is 2. The fourth-order valence-corrected chi connectivity index (χ4v) is 9.31. The highest BCUT2D eigenvalue weighted by molar-refractivity contribution is 7.99. The SMILES string of the molecule is Cc1ccc(S(=O)(=O)NC(Cc2ccccc2)C(=O)NCc2ccc(C3OC(CSc4ccc(C(=O)O)cc4)C(c4ccccc4)C(c4ccc(CO)cc4)O3)cc2)cc1. The van der Waals surface area contributed by atoms with E-state index in [2.05, 4.69) is 22.2 Å². The zero-order chi connectivity index (χ0) is 42.1. The molecule has 7 rings (SSSR count). The van der Waals surface area contributed by atoms with Gasteiger partial charge in [-0.15, -0.1) is 11.8 Å². The van der Waals surface area contributed by atoms with E-state index in [4.69, 9.17) is 9.47 Å². The second-order valence-corrected chi connectivity index (χ2v) is 17.5. The highest BCUT2D eigenvalue weighted by Gasteiger charge is 2.42. The van der Waals surface area contributed by atoms with Crippen molar-refractivity contribution in [3.63, 3.8) is 0 Å². The quantitative estimate of drug-likeness (QED) is 0.0709. The summed E-state index contributed by atoms with van der Waals surface area (Å²) < 4.78 is 43.1. The number of aromatic carboxylic acids is 1. The number of ether oxygens (including phenoxy) is 2. The maximum absolute atomic E-state index is 13.7. The number of benzene rings is 6. The van der Waals surface area contributed by atoms with Gasteiger partial charge in [-0.2, -0.15) is 4.72 Å². The summed E-state index contributed by atoms with van der Waals surface area (Å²) in [5.41, 5.74) is 6.26. The molecule has 12 heteroatoms. The third kappa shape index (κ3) is 10.8. The van der Waals surface area contributed by atoms with E-state index < -0.39 is 40.3 Å². The molecular formula is C48H46N2O8S2. The van der Waals surface area contributed by atoms with E-state index in [1.54, 1.807) is 48.2 Å². The van der Waals surface area contributed by atoms with Gasteiger partial charge in [0.05, 0.1) is 29.3 Å². The molecule has 10 nitrogen and oxygen atoms in total. The van der Waals surface area contributed by atoms with Crippen molar-refractivity contribution in [1.29, 1.82) is 0 Å². The van der Waals surface area contributed by atoms with Crippen molar-refractivity contribution < 1.29 is 37.7 Å². The number of carboxylic acids is 1. The van der Waals surface area contributed by atoms with Gasteiger partial charge < -0.3 is 25.0 Å². The minimum Gasteiger partial charge on any atom is -0.478 e. The summed E-state index contributed by atoms with van der Waals surface area (Å²) >= 11 is 1.57. The molecule has 0 aliphatic carbocycles. The van der Waals surface area contributed by atoms with Gasteiger partial charge in [0.15, 0.2) is 6.29 Å². The fourth-order valence-electron chi connectivity index (χ4n) is 7.14. The lowest BCUT2D eigenvalue weighted by Crippen LogP contribution is -2.47. The summed E-state index contributed by atoms with van der Waals surface area (Å²) in [4.78, 5) is 26.1. The minimum atomic E-state index is -3.99. The topological polar surface area (TPSA) is 151 Å². The second kappa shape index (κ2) is 19.6. The Morgan fingerprint density at radius 2 is 1.32 bits per heavy atom. The zero-order valence-corrected chi connectivity index (χ0v) is 34.5. The van der Waals surface area contributed by atoms with Crippen molar-refractivity contribution in [1.82, 2.24) is 10.0 Å². The molecule has 6 aromatic rings. The monoisotopic (exact) mass is 842 g/mol. The van der Waals surface area contributed by atoms with Crippen molar-refractivity contribution in [2.45, 2.75) is 66.7 Å². The van der Waals surface area contributed by atoms with Crippen LogP contribution in [0.25, 0.3) is 0 Å². The fraction of sp³-hybridized carbons (Fsp3) is 0.208. The number of aryl methyl sites for hydroxylation is 1. The number of hydrogen-bond donors (Lipinski definition) is 4. The van der Waals surface area contributed by atoms with Gasteiger partial charge in [0, 0.05) is 28.7 Å². The van der Waals surface area contributed by atoms with Crippen molar-refractivity contribution in [3.05, 3.63) is 202 Å². The number of carbonyl (C=O) groups is 2. The molecule has 1 aliphatic rings. The average Bonchev–Trinajstić information content (AvgIpc) is 3.28. The van der Waals surface area contributed by atoms with Crippen LogP contribution in [0.4, 0.5) is 0 Å². The van der Waals surface area contributed by atoms with Gasteiger partial charge in [0.2, 0.25) is 15.9 Å². The Kier molecular flexibility index (Phi) is 13.9. The average molecular weight is 843 g/mol. The van der Waals surface area contributed by atoms with Crippen molar-refractivity contribution >= 4 is 33.7 Å². The molecule has 1 fully saturated rings. The minimum absolute atomic E-state index is 0.0800. The smallest absolute Gasteiger partial charge is 0.335 e. The molecule has 5 atom stereocenters. The van der Waals surface area contributed by atoms with E-state index in [-0.39, 0.29) is 42.1 Å². The van der Waals surface area contributed by atoms with Gasteiger partial charge in [-0.1, -0.05) is 127 Å². The predicted molar refractivity (Wildman–Crippen MR) is 231 cm³/mol. The maximum Gasteiger partial charge on any atom is 0.335 e. The number of carboxylic acid groups (broad SMARTS) is 1. The first-order chi connectivity index (χ1) is 29.1. The van der Waals surface area contributed by atoms with E-state index in [1.165, 1.54) is 12.1 Å². The number of amides is 1. The van der Waals surface area contributed by atoms with Crippen molar-refractivity contribution in [3.8, 4) is 0 Å². The Morgan fingerprint density at radius 3 is 1.95 bits per heavy atom. The summed E-state index contributed by atoms with van der Waals surface area (Å²) in [5, 5.41) is 22.1. The molecule has 5 unspecified atom stereocenters. The molecule has 0 radical (unpaired) electrons. The van der Waals surface area contributed by atoms with Gasteiger partial charge in [-0.25, -0.2) is 13.2 Å². The summed E-state index contributed by atoms with van der Waals surface area (Å²) in [5.74, 6) is -1.12. The van der Waals surface area contributed by atoms with Gasteiger partial charge in [0.25, 0.3) is 0 Å². The van der Waals surface area contributed by atoms with Crippen LogP contribution in [0.3, 0.4) is 0 Å². The van der Waals surface area contributed by atoms with E-state index in [1.807, 2.05) is 104 Å². The molecule has 1 amide bonds. The Bertz CT molecular complexity index is 2450. The van der Waals surface area contributed by atoms with E-state index in [0.717, 1.165) is 43.8 Å². The van der Waals surface area contributed by atoms with E-state index >= 15 is 0 Å². The molecule has 6 aromatic carbocycles. The third-order valence-electron chi connectivity index (χ3n) is 10.4. The standard InChI is InChI=1S/C48H46N2O8S2/c1-32-12-26-41(27-13-32)60(55,56)50-42(28-33-8-4-2-5-9-33)46(52)49-29-34-14-20-39(21-15-34)48-57-43(31-59-40-24-22-38(23-25-40)47(53)54)44(36-10-6-3-7-11-36)45(58-48)37-18-16-35(30-51)17-19-37/h2-27,42-45,48,50-51H,28-31H2,1H3,(H,49,52)(H,53,54). The van der Waals surface area contributed by atoms with Crippen molar-refractivity contribution in [2.24, 2.45) is 0 Å². The Balaban J connectivity index is 1.10. The number of aliphatic hydroxyl groups excluding tert-OH is 1.